The Hall–Kier alpha value is -4.17. The third-order valence-electron chi connectivity index (χ3n) is 5.27. The van der Waals surface area contributed by atoms with Gasteiger partial charge in [0.2, 0.25) is 0 Å². The summed E-state index contributed by atoms with van der Waals surface area (Å²) in [6.07, 6.45) is 3.21. The molecule has 34 heavy (non-hydrogen) atoms. The fourth-order valence-corrected chi connectivity index (χ4v) is 3.61. The van der Waals surface area contributed by atoms with Crippen molar-refractivity contribution in [1.82, 2.24) is 9.97 Å². The van der Waals surface area contributed by atoms with Gasteiger partial charge in [-0.25, -0.2) is 9.78 Å². The zero-order valence-corrected chi connectivity index (χ0v) is 18.9. The van der Waals surface area contributed by atoms with Gasteiger partial charge in [0, 0.05) is 35.6 Å². The molecule has 2 aromatic carbocycles. The number of aliphatic hydroxyl groups is 1. The Morgan fingerprint density at radius 2 is 1.79 bits per heavy atom. The number of esters is 1. The van der Waals surface area contributed by atoms with Gasteiger partial charge in [-0.1, -0.05) is 24.3 Å². The van der Waals surface area contributed by atoms with Crippen LogP contribution in [0.2, 0.25) is 0 Å². The van der Waals surface area contributed by atoms with Crippen LogP contribution in [0.5, 0.6) is 11.5 Å². The highest BCUT2D eigenvalue weighted by molar-refractivity contribution is 6.07. The van der Waals surface area contributed by atoms with E-state index >= 15 is 0 Å². The maximum atomic E-state index is 12.6. The Balaban J connectivity index is 1.57. The van der Waals surface area contributed by atoms with Gasteiger partial charge >= 0.3 is 5.97 Å². The molecule has 8 heteroatoms. The molecule has 0 saturated heterocycles. The van der Waals surface area contributed by atoms with Crippen molar-refractivity contribution in [3.63, 3.8) is 0 Å². The van der Waals surface area contributed by atoms with E-state index in [1.165, 1.54) is 14.2 Å². The zero-order chi connectivity index (χ0) is 23.9. The minimum Gasteiger partial charge on any atom is -0.494 e. The standard InChI is InChI=1S/C26H25N3O5/c1-32-25-23(26(31)33-2)21-16-27-12-11-22(21)29-24(25)18-5-7-19(8-6-18)28-15-17-3-9-20(10-4-17)34-14-13-30/h3-12,16,28,30H,13-15H2,1-2H3. The van der Waals surface area contributed by atoms with Crippen LogP contribution in [0.3, 0.4) is 0 Å². The lowest BCUT2D eigenvalue weighted by molar-refractivity contribution is 0.0599. The summed E-state index contributed by atoms with van der Waals surface area (Å²) in [4.78, 5) is 21.4. The number of rotatable bonds is 9. The van der Waals surface area contributed by atoms with E-state index in [0.29, 0.717) is 34.5 Å². The van der Waals surface area contributed by atoms with Crippen molar-refractivity contribution in [2.45, 2.75) is 6.54 Å². The molecule has 0 amide bonds. The molecule has 8 nitrogen and oxygen atoms in total. The number of benzene rings is 2. The highest BCUT2D eigenvalue weighted by Crippen LogP contribution is 2.36. The lowest BCUT2D eigenvalue weighted by Gasteiger charge is -2.15. The Kier molecular flexibility index (Phi) is 7.19. The number of methoxy groups -OCH3 is 2. The van der Waals surface area contributed by atoms with Crippen LogP contribution < -0.4 is 14.8 Å². The van der Waals surface area contributed by atoms with Gasteiger partial charge in [0.25, 0.3) is 0 Å². The molecule has 2 aromatic heterocycles. The van der Waals surface area contributed by atoms with E-state index in [4.69, 9.17) is 24.3 Å². The van der Waals surface area contributed by atoms with Crippen molar-refractivity contribution in [3.05, 3.63) is 78.1 Å². The van der Waals surface area contributed by atoms with Crippen LogP contribution in [-0.2, 0) is 11.3 Å². The van der Waals surface area contributed by atoms with Gasteiger partial charge in [-0.05, 0) is 35.9 Å². The van der Waals surface area contributed by atoms with Crippen LogP contribution in [0.4, 0.5) is 5.69 Å². The van der Waals surface area contributed by atoms with Crippen molar-refractivity contribution in [2.24, 2.45) is 0 Å². The number of aromatic nitrogens is 2. The summed E-state index contributed by atoms with van der Waals surface area (Å²) >= 11 is 0. The molecule has 2 N–H and O–H groups in total. The lowest BCUT2D eigenvalue weighted by atomic mass is 10.0. The predicted molar refractivity (Wildman–Crippen MR) is 129 cm³/mol. The first-order valence-electron chi connectivity index (χ1n) is 10.7. The van der Waals surface area contributed by atoms with Crippen LogP contribution in [0.1, 0.15) is 15.9 Å². The second-order valence-corrected chi connectivity index (χ2v) is 7.40. The molecule has 0 aliphatic heterocycles. The Morgan fingerprint density at radius 3 is 2.47 bits per heavy atom. The van der Waals surface area contributed by atoms with E-state index in [0.717, 1.165) is 22.6 Å². The summed E-state index contributed by atoms with van der Waals surface area (Å²) in [6, 6.07) is 17.2. The summed E-state index contributed by atoms with van der Waals surface area (Å²) in [7, 11) is 2.84. The Labute approximate surface area is 197 Å². The molecule has 0 spiro atoms. The number of aliphatic hydroxyl groups excluding tert-OH is 1. The number of fused-ring (bicyclic) bond motifs is 1. The monoisotopic (exact) mass is 459 g/mol. The average molecular weight is 460 g/mol. The number of ether oxygens (including phenoxy) is 3. The summed E-state index contributed by atoms with van der Waals surface area (Å²) in [5.41, 5.74) is 4.30. The molecule has 2 heterocycles. The first kappa shape index (κ1) is 23.0. The van der Waals surface area contributed by atoms with E-state index in [9.17, 15) is 4.79 Å². The van der Waals surface area contributed by atoms with Gasteiger partial charge < -0.3 is 24.6 Å². The van der Waals surface area contributed by atoms with Crippen molar-refractivity contribution < 1.29 is 24.1 Å². The van der Waals surface area contributed by atoms with Crippen LogP contribution in [-0.4, -0.2) is 48.5 Å². The SMILES string of the molecule is COC(=O)c1c(OC)c(-c2ccc(NCc3ccc(OCCO)cc3)cc2)nc2ccncc12. The van der Waals surface area contributed by atoms with Gasteiger partial charge in [-0.2, -0.15) is 0 Å². The first-order valence-corrected chi connectivity index (χ1v) is 10.7. The number of carbonyl (C=O) groups excluding carboxylic acids is 1. The number of hydrogen-bond acceptors (Lipinski definition) is 8. The van der Waals surface area contributed by atoms with E-state index < -0.39 is 5.97 Å². The molecule has 4 rings (SSSR count). The first-order chi connectivity index (χ1) is 16.6. The van der Waals surface area contributed by atoms with Crippen LogP contribution in [0.15, 0.2) is 67.0 Å². The second kappa shape index (κ2) is 10.6. The van der Waals surface area contributed by atoms with Crippen LogP contribution in [0, 0.1) is 0 Å². The smallest absolute Gasteiger partial charge is 0.342 e. The second-order valence-electron chi connectivity index (χ2n) is 7.40. The number of carbonyl (C=O) groups is 1. The number of nitrogens with zero attached hydrogens (tertiary/aromatic N) is 2. The van der Waals surface area contributed by atoms with Gasteiger partial charge in [0.05, 0.1) is 26.3 Å². The summed E-state index contributed by atoms with van der Waals surface area (Å²) in [6.45, 7) is 0.899. The molecule has 4 aromatic rings. The van der Waals surface area contributed by atoms with E-state index in [1.54, 1.807) is 18.5 Å². The molecule has 174 valence electrons. The molecule has 0 aliphatic rings. The Morgan fingerprint density at radius 1 is 1.03 bits per heavy atom. The van der Waals surface area contributed by atoms with Gasteiger partial charge in [-0.3, -0.25) is 4.98 Å². The summed E-state index contributed by atoms with van der Waals surface area (Å²) < 4.78 is 16.0. The van der Waals surface area contributed by atoms with E-state index in [2.05, 4.69) is 10.3 Å². The summed E-state index contributed by atoms with van der Waals surface area (Å²) in [5.74, 6) is 0.558. The minimum atomic E-state index is -0.510. The van der Waals surface area contributed by atoms with Crippen LogP contribution in [0.25, 0.3) is 22.2 Å². The molecule has 0 unspecified atom stereocenters. The lowest BCUT2D eigenvalue weighted by Crippen LogP contribution is -2.08. The van der Waals surface area contributed by atoms with Crippen molar-refractivity contribution in [2.75, 3.05) is 32.8 Å². The van der Waals surface area contributed by atoms with Gasteiger partial charge in [0.1, 0.15) is 23.6 Å². The third kappa shape index (κ3) is 4.92. The minimum absolute atomic E-state index is 0.0128. The highest BCUT2D eigenvalue weighted by Gasteiger charge is 2.23. The maximum Gasteiger partial charge on any atom is 0.342 e. The van der Waals surface area contributed by atoms with E-state index in [-0.39, 0.29) is 13.2 Å². The topological polar surface area (TPSA) is 103 Å². The largest absolute Gasteiger partial charge is 0.494 e. The highest BCUT2D eigenvalue weighted by atomic mass is 16.5. The van der Waals surface area contributed by atoms with Crippen molar-refractivity contribution in [1.29, 1.82) is 0 Å². The molecule has 0 fully saturated rings. The fourth-order valence-electron chi connectivity index (χ4n) is 3.61. The van der Waals surface area contributed by atoms with Gasteiger partial charge in [0.15, 0.2) is 5.75 Å². The average Bonchev–Trinajstić information content (AvgIpc) is 2.90. The van der Waals surface area contributed by atoms with Crippen molar-refractivity contribution >= 4 is 22.6 Å². The molecule has 0 atom stereocenters. The molecule has 0 radical (unpaired) electrons. The van der Waals surface area contributed by atoms with Crippen molar-refractivity contribution in [3.8, 4) is 22.8 Å². The maximum absolute atomic E-state index is 12.6. The molecule has 0 saturated carbocycles. The third-order valence-corrected chi connectivity index (χ3v) is 5.27. The van der Waals surface area contributed by atoms with Gasteiger partial charge in [-0.15, -0.1) is 0 Å². The molecular weight excluding hydrogens is 434 g/mol. The predicted octanol–water partition coefficient (Wildman–Crippen LogP) is 4.08. The van der Waals surface area contributed by atoms with Crippen LogP contribution >= 0.6 is 0 Å². The molecule has 0 bridgehead atoms. The normalized spacial score (nSPS) is 10.7. The molecule has 0 aliphatic carbocycles. The number of pyridine rings is 2. The fraction of sp³-hybridized carbons (Fsp3) is 0.192. The summed E-state index contributed by atoms with van der Waals surface area (Å²) in [5, 5.41) is 12.8. The molecular formula is C26H25N3O5. The zero-order valence-electron chi connectivity index (χ0n) is 18.9. The number of nitrogens with one attached hydrogen (secondary N) is 1. The number of anilines is 1. The quantitative estimate of drug-likeness (QED) is 0.361. The number of hydrogen-bond donors (Lipinski definition) is 2. The van der Waals surface area contributed by atoms with E-state index in [1.807, 2.05) is 48.5 Å². The Bertz CT molecular complexity index is 1270.